The second-order valence-electron chi connectivity index (χ2n) is 3.75. The van der Waals surface area contributed by atoms with Gasteiger partial charge in [-0.1, -0.05) is 11.6 Å². The monoisotopic (exact) mass is 272 g/mol. The molecule has 1 atom stereocenters. The molecule has 1 rings (SSSR count). The standard InChI is InChI=1S/C10H17ClN6O/c1-4-17(3)9(18)6(2)14-8-7(11)5-13-10(15-8)16-12/h5-6H,4,12H2,1-3H3,(H2,13,14,15,16). The average Bonchev–Trinajstić information content (AvgIpc) is 2.39. The summed E-state index contributed by atoms with van der Waals surface area (Å²) in [5.74, 6) is 5.75. The minimum atomic E-state index is -0.437. The van der Waals surface area contributed by atoms with Crippen molar-refractivity contribution in [2.75, 3.05) is 24.3 Å². The molecule has 0 aliphatic heterocycles. The van der Waals surface area contributed by atoms with Gasteiger partial charge in [0, 0.05) is 13.6 Å². The summed E-state index contributed by atoms with van der Waals surface area (Å²) < 4.78 is 0. The Kier molecular flexibility index (Phi) is 5.11. The van der Waals surface area contributed by atoms with Crippen molar-refractivity contribution >= 4 is 29.3 Å². The molecule has 1 aromatic rings. The van der Waals surface area contributed by atoms with Crippen LogP contribution >= 0.6 is 11.6 Å². The Morgan fingerprint density at radius 1 is 1.67 bits per heavy atom. The number of nitrogens with two attached hydrogens (primary N) is 1. The number of nitrogens with one attached hydrogen (secondary N) is 2. The first kappa shape index (κ1) is 14.5. The average molecular weight is 273 g/mol. The van der Waals surface area contributed by atoms with E-state index >= 15 is 0 Å². The van der Waals surface area contributed by atoms with Gasteiger partial charge in [-0.15, -0.1) is 0 Å². The van der Waals surface area contributed by atoms with Crippen LogP contribution in [0, 0.1) is 0 Å². The second kappa shape index (κ2) is 6.36. The minimum absolute atomic E-state index is 0.0468. The Balaban J connectivity index is 2.80. The number of aromatic nitrogens is 2. The van der Waals surface area contributed by atoms with Crippen molar-refractivity contribution in [2.45, 2.75) is 19.9 Å². The highest BCUT2D eigenvalue weighted by Crippen LogP contribution is 2.20. The Labute approximate surface area is 111 Å². The van der Waals surface area contributed by atoms with Crippen LogP contribution in [0.5, 0.6) is 0 Å². The fraction of sp³-hybridized carbons (Fsp3) is 0.500. The molecule has 0 spiro atoms. The molecule has 0 bridgehead atoms. The molecule has 1 unspecified atom stereocenters. The summed E-state index contributed by atoms with van der Waals surface area (Å²) in [6.45, 7) is 4.28. The summed E-state index contributed by atoms with van der Waals surface area (Å²) in [6.07, 6.45) is 1.41. The molecule has 0 saturated heterocycles. The van der Waals surface area contributed by atoms with Gasteiger partial charge >= 0.3 is 0 Å². The van der Waals surface area contributed by atoms with Crippen LogP contribution in [0.1, 0.15) is 13.8 Å². The SMILES string of the molecule is CCN(C)C(=O)C(C)Nc1nc(NN)ncc1Cl. The van der Waals surface area contributed by atoms with Crippen molar-refractivity contribution < 1.29 is 4.79 Å². The highest BCUT2D eigenvalue weighted by Gasteiger charge is 2.18. The molecule has 0 aliphatic carbocycles. The van der Waals surface area contributed by atoms with Crippen molar-refractivity contribution in [1.82, 2.24) is 14.9 Å². The third kappa shape index (κ3) is 3.44. The zero-order valence-electron chi connectivity index (χ0n) is 10.6. The Morgan fingerprint density at radius 2 is 2.33 bits per heavy atom. The van der Waals surface area contributed by atoms with Crippen LogP contribution in [-0.4, -0.2) is 40.4 Å². The van der Waals surface area contributed by atoms with Gasteiger partial charge in [-0.2, -0.15) is 4.98 Å². The molecule has 0 aromatic carbocycles. The van der Waals surface area contributed by atoms with Gasteiger partial charge in [0.25, 0.3) is 0 Å². The first-order valence-electron chi connectivity index (χ1n) is 5.50. The van der Waals surface area contributed by atoms with Gasteiger partial charge in [0.15, 0.2) is 5.82 Å². The van der Waals surface area contributed by atoms with E-state index in [0.29, 0.717) is 17.4 Å². The smallest absolute Gasteiger partial charge is 0.244 e. The summed E-state index contributed by atoms with van der Waals surface area (Å²) in [5.41, 5.74) is 2.31. The van der Waals surface area contributed by atoms with Gasteiger partial charge in [-0.05, 0) is 13.8 Å². The number of hydrogen-bond donors (Lipinski definition) is 3. The van der Waals surface area contributed by atoms with E-state index in [9.17, 15) is 4.79 Å². The van der Waals surface area contributed by atoms with Crippen LogP contribution in [0.15, 0.2) is 6.20 Å². The van der Waals surface area contributed by atoms with Crippen molar-refractivity contribution in [3.63, 3.8) is 0 Å². The molecule has 1 aromatic heterocycles. The molecule has 100 valence electrons. The number of carbonyl (C=O) groups excluding carboxylic acids is 1. The summed E-state index contributed by atoms with van der Waals surface area (Å²) >= 11 is 5.93. The molecule has 0 saturated carbocycles. The normalized spacial score (nSPS) is 11.8. The van der Waals surface area contributed by atoms with Crippen molar-refractivity contribution in [1.29, 1.82) is 0 Å². The molecule has 0 aliphatic rings. The predicted molar refractivity (Wildman–Crippen MR) is 71.2 cm³/mol. The maximum Gasteiger partial charge on any atom is 0.244 e. The third-order valence-corrected chi connectivity index (χ3v) is 2.72. The van der Waals surface area contributed by atoms with Crippen LogP contribution in [0.3, 0.4) is 0 Å². The highest BCUT2D eigenvalue weighted by molar-refractivity contribution is 6.32. The number of hydrazine groups is 1. The predicted octanol–water partition coefficient (Wildman–Crippen LogP) is 0.694. The molecule has 4 N–H and O–H groups in total. The van der Waals surface area contributed by atoms with Crippen LogP contribution in [0.25, 0.3) is 0 Å². The molecule has 7 nitrogen and oxygen atoms in total. The molecule has 1 amide bonds. The highest BCUT2D eigenvalue weighted by atomic mass is 35.5. The second-order valence-corrected chi connectivity index (χ2v) is 4.16. The van der Waals surface area contributed by atoms with Gasteiger partial charge in [0.1, 0.15) is 11.1 Å². The molecular weight excluding hydrogens is 256 g/mol. The zero-order valence-corrected chi connectivity index (χ0v) is 11.3. The number of nitrogens with zero attached hydrogens (tertiary/aromatic N) is 3. The summed E-state index contributed by atoms with van der Waals surface area (Å²) in [5, 5.41) is 3.26. The lowest BCUT2D eigenvalue weighted by atomic mass is 10.3. The number of nitrogen functional groups attached to an aromatic ring is 1. The molecule has 0 radical (unpaired) electrons. The minimum Gasteiger partial charge on any atom is -0.357 e. The summed E-state index contributed by atoms with van der Waals surface area (Å²) in [4.78, 5) is 21.4. The number of hydrogen-bond acceptors (Lipinski definition) is 6. The largest absolute Gasteiger partial charge is 0.357 e. The molecule has 18 heavy (non-hydrogen) atoms. The van der Waals surface area contributed by atoms with Crippen molar-refractivity contribution in [2.24, 2.45) is 5.84 Å². The van der Waals surface area contributed by atoms with Gasteiger partial charge in [-0.25, -0.2) is 10.8 Å². The van der Waals surface area contributed by atoms with E-state index in [0.717, 1.165) is 0 Å². The van der Waals surface area contributed by atoms with Crippen molar-refractivity contribution in [3.8, 4) is 0 Å². The van der Waals surface area contributed by atoms with Crippen molar-refractivity contribution in [3.05, 3.63) is 11.2 Å². The lowest BCUT2D eigenvalue weighted by Crippen LogP contribution is -2.39. The summed E-state index contributed by atoms with van der Waals surface area (Å²) in [6, 6.07) is -0.437. The third-order valence-electron chi connectivity index (χ3n) is 2.45. The number of amides is 1. The van der Waals surface area contributed by atoms with Crippen LogP contribution < -0.4 is 16.6 Å². The molecular formula is C10H17ClN6O. The number of likely N-dealkylation sites (N-methyl/N-ethyl adjacent to an activating group) is 1. The lowest BCUT2D eigenvalue weighted by molar-refractivity contribution is -0.130. The fourth-order valence-corrected chi connectivity index (χ4v) is 1.44. The van der Waals surface area contributed by atoms with Gasteiger partial charge < -0.3 is 10.2 Å². The molecule has 0 fully saturated rings. The fourth-order valence-electron chi connectivity index (χ4n) is 1.29. The first-order valence-corrected chi connectivity index (χ1v) is 5.88. The van der Waals surface area contributed by atoms with Gasteiger partial charge in [0.2, 0.25) is 11.9 Å². The van der Waals surface area contributed by atoms with E-state index in [-0.39, 0.29) is 11.9 Å². The van der Waals surface area contributed by atoms with Crippen LogP contribution in [0.4, 0.5) is 11.8 Å². The number of anilines is 2. The maximum absolute atomic E-state index is 11.9. The van der Waals surface area contributed by atoms with E-state index in [2.05, 4.69) is 20.7 Å². The molecule has 1 heterocycles. The number of halogens is 1. The number of carbonyl (C=O) groups is 1. The first-order chi connectivity index (χ1) is 8.49. The van der Waals surface area contributed by atoms with Crippen LogP contribution in [0.2, 0.25) is 5.02 Å². The summed E-state index contributed by atoms with van der Waals surface area (Å²) in [7, 11) is 1.73. The van der Waals surface area contributed by atoms with Gasteiger partial charge in [-0.3, -0.25) is 10.2 Å². The Hall–Kier alpha value is -1.60. The van der Waals surface area contributed by atoms with E-state index in [1.807, 2.05) is 6.92 Å². The quantitative estimate of drug-likeness (QED) is 0.539. The topological polar surface area (TPSA) is 96.2 Å². The zero-order chi connectivity index (χ0) is 13.7. The molecule has 8 heteroatoms. The van der Waals surface area contributed by atoms with Gasteiger partial charge in [0.05, 0.1) is 6.20 Å². The maximum atomic E-state index is 11.9. The Bertz CT molecular complexity index is 427. The van der Waals surface area contributed by atoms with E-state index in [4.69, 9.17) is 17.4 Å². The lowest BCUT2D eigenvalue weighted by Gasteiger charge is -2.21. The van der Waals surface area contributed by atoms with E-state index < -0.39 is 6.04 Å². The van der Waals surface area contributed by atoms with E-state index in [1.165, 1.54) is 6.20 Å². The van der Waals surface area contributed by atoms with Crippen LogP contribution in [-0.2, 0) is 4.79 Å². The van der Waals surface area contributed by atoms with E-state index in [1.54, 1.807) is 18.9 Å². The Morgan fingerprint density at radius 3 is 2.89 bits per heavy atom. The number of rotatable bonds is 5.